The predicted octanol–water partition coefficient (Wildman–Crippen LogP) is 4.40. The summed E-state index contributed by atoms with van der Waals surface area (Å²) in [5.74, 6) is 3.46. The molecule has 0 amide bonds. The molecule has 1 aliphatic rings. The number of aliphatic imine (C=N–C) groups is 1. The third-order valence-electron chi connectivity index (χ3n) is 5.49. The summed E-state index contributed by atoms with van der Waals surface area (Å²) in [5.41, 5.74) is 2.40. The lowest BCUT2D eigenvalue weighted by atomic mass is 10.1. The van der Waals surface area contributed by atoms with Gasteiger partial charge in [-0.05, 0) is 74.9 Å². The molecule has 0 spiro atoms. The Labute approximate surface area is 215 Å². The SMILES string of the molecule is CCOc1ccc(CCNC(=NC)NCc2ccnc(N3CCCCC3)c2)cc1OCC.I. The largest absolute Gasteiger partial charge is 0.490 e. The average molecular weight is 568 g/mol. The second-order valence-electron chi connectivity index (χ2n) is 7.82. The maximum atomic E-state index is 5.73. The number of ether oxygens (including phenoxy) is 2. The molecule has 2 N–H and O–H groups in total. The predicted molar refractivity (Wildman–Crippen MR) is 146 cm³/mol. The monoisotopic (exact) mass is 567 g/mol. The third-order valence-corrected chi connectivity index (χ3v) is 5.49. The van der Waals surface area contributed by atoms with Crippen molar-refractivity contribution in [2.45, 2.75) is 46.1 Å². The number of anilines is 1. The van der Waals surface area contributed by atoms with Crippen molar-refractivity contribution in [1.29, 1.82) is 0 Å². The molecule has 1 aromatic heterocycles. The van der Waals surface area contributed by atoms with Gasteiger partial charge in [-0.3, -0.25) is 4.99 Å². The molecule has 0 saturated carbocycles. The zero-order chi connectivity index (χ0) is 22.6. The van der Waals surface area contributed by atoms with Gasteiger partial charge in [-0.2, -0.15) is 0 Å². The summed E-state index contributed by atoms with van der Waals surface area (Å²) in [5, 5.41) is 6.81. The summed E-state index contributed by atoms with van der Waals surface area (Å²) in [6, 6.07) is 10.4. The van der Waals surface area contributed by atoms with E-state index in [1.807, 2.05) is 26.1 Å². The summed E-state index contributed by atoms with van der Waals surface area (Å²) in [4.78, 5) is 11.3. The summed E-state index contributed by atoms with van der Waals surface area (Å²) in [6.45, 7) is 8.89. The van der Waals surface area contributed by atoms with Gasteiger partial charge in [0.2, 0.25) is 0 Å². The van der Waals surface area contributed by atoms with Gasteiger partial charge < -0.3 is 25.0 Å². The van der Waals surface area contributed by atoms with Crippen molar-refractivity contribution in [3.63, 3.8) is 0 Å². The Morgan fingerprint density at radius 2 is 1.73 bits per heavy atom. The molecule has 0 atom stereocenters. The van der Waals surface area contributed by atoms with Gasteiger partial charge in [0.25, 0.3) is 0 Å². The second-order valence-corrected chi connectivity index (χ2v) is 7.82. The highest BCUT2D eigenvalue weighted by Gasteiger charge is 2.12. The van der Waals surface area contributed by atoms with Crippen LogP contribution in [0.4, 0.5) is 5.82 Å². The third kappa shape index (κ3) is 8.57. The Kier molecular flexibility index (Phi) is 12.1. The quantitative estimate of drug-likeness (QED) is 0.252. The van der Waals surface area contributed by atoms with Crippen molar-refractivity contribution >= 4 is 35.8 Å². The zero-order valence-electron chi connectivity index (χ0n) is 20.1. The molecule has 0 radical (unpaired) electrons. The number of aromatic nitrogens is 1. The van der Waals surface area contributed by atoms with E-state index < -0.39 is 0 Å². The Hall–Kier alpha value is -2.23. The summed E-state index contributed by atoms with van der Waals surface area (Å²) < 4.78 is 11.4. The van der Waals surface area contributed by atoms with Gasteiger partial charge in [0.05, 0.1) is 13.2 Å². The molecule has 7 nitrogen and oxygen atoms in total. The number of nitrogens with zero attached hydrogens (tertiary/aromatic N) is 3. The van der Waals surface area contributed by atoms with Crippen molar-refractivity contribution < 1.29 is 9.47 Å². The zero-order valence-corrected chi connectivity index (χ0v) is 22.4. The Morgan fingerprint density at radius 1 is 0.970 bits per heavy atom. The lowest BCUT2D eigenvalue weighted by Crippen LogP contribution is -2.38. The minimum Gasteiger partial charge on any atom is -0.490 e. The Morgan fingerprint density at radius 3 is 2.45 bits per heavy atom. The van der Waals surface area contributed by atoms with Crippen LogP contribution in [0, 0.1) is 0 Å². The van der Waals surface area contributed by atoms with Gasteiger partial charge in [0.15, 0.2) is 17.5 Å². The fourth-order valence-electron chi connectivity index (χ4n) is 3.85. The van der Waals surface area contributed by atoms with Crippen LogP contribution in [0.2, 0.25) is 0 Å². The van der Waals surface area contributed by atoms with Crippen molar-refractivity contribution in [2.24, 2.45) is 4.99 Å². The number of hydrogen-bond acceptors (Lipinski definition) is 5. The highest BCUT2D eigenvalue weighted by atomic mass is 127. The van der Waals surface area contributed by atoms with Crippen LogP contribution in [0.1, 0.15) is 44.2 Å². The number of guanidine groups is 1. The molecule has 0 unspecified atom stereocenters. The molecule has 1 saturated heterocycles. The van der Waals surface area contributed by atoms with Crippen LogP contribution < -0.4 is 25.0 Å². The van der Waals surface area contributed by atoms with Crippen LogP contribution in [-0.2, 0) is 13.0 Å². The highest BCUT2D eigenvalue weighted by Crippen LogP contribution is 2.28. The molecule has 1 aliphatic heterocycles. The van der Waals surface area contributed by atoms with E-state index in [1.54, 1.807) is 7.05 Å². The number of pyridine rings is 1. The van der Waals surface area contributed by atoms with Crippen molar-refractivity contribution in [3.05, 3.63) is 47.7 Å². The van der Waals surface area contributed by atoms with Crippen molar-refractivity contribution in [2.75, 3.05) is 44.8 Å². The van der Waals surface area contributed by atoms with E-state index in [2.05, 4.69) is 49.8 Å². The number of hydrogen-bond donors (Lipinski definition) is 2. The van der Waals surface area contributed by atoms with E-state index in [0.717, 1.165) is 49.3 Å². The van der Waals surface area contributed by atoms with Crippen LogP contribution in [-0.4, -0.2) is 50.8 Å². The standard InChI is InChI=1S/C25H37N5O2.HI/c1-4-31-22-10-9-20(17-23(22)32-5-2)11-14-28-25(26-3)29-19-21-12-13-27-24(18-21)30-15-7-6-8-16-30;/h9-10,12-13,17-18H,4-8,11,14-16,19H2,1-3H3,(H2,26,28,29);1H. The Balaban J connectivity index is 0.00000385. The molecule has 8 heteroatoms. The number of nitrogens with one attached hydrogen (secondary N) is 2. The molecule has 1 aromatic carbocycles. The molecule has 2 heterocycles. The molecular weight excluding hydrogens is 529 g/mol. The first-order valence-corrected chi connectivity index (χ1v) is 11.8. The van der Waals surface area contributed by atoms with E-state index in [0.29, 0.717) is 19.8 Å². The molecule has 33 heavy (non-hydrogen) atoms. The maximum absolute atomic E-state index is 5.73. The van der Waals surface area contributed by atoms with Crippen LogP contribution in [0.3, 0.4) is 0 Å². The Bertz CT molecular complexity index is 872. The number of rotatable bonds is 10. The minimum absolute atomic E-state index is 0. The lowest BCUT2D eigenvalue weighted by molar-refractivity contribution is 0.287. The van der Waals surface area contributed by atoms with E-state index in [9.17, 15) is 0 Å². The van der Waals surface area contributed by atoms with Gasteiger partial charge in [-0.25, -0.2) is 4.98 Å². The van der Waals surface area contributed by atoms with Crippen LogP contribution in [0.25, 0.3) is 0 Å². The van der Waals surface area contributed by atoms with E-state index in [-0.39, 0.29) is 24.0 Å². The second kappa shape index (κ2) is 14.8. The first-order chi connectivity index (χ1) is 15.7. The van der Waals surface area contributed by atoms with Gasteiger partial charge in [-0.1, -0.05) is 6.07 Å². The molecule has 2 aromatic rings. The van der Waals surface area contributed by atoms with Crippen LogP contribution in [0.5, 0.6) is 11.5 Å². The fourth-order valence-corrected chi connectivity index (χ4v) is 3.85. The normalized spacial score (nSPS) is 13.8. The van der Waals surface area contributed by atoms with Crippen molar-refractivity contribution in [1.82, 2.24) is 15.6 Å². The molecule has 0 bridgehead atoms. The van der Waals surface area contributed by atoms with Crippen LogP contribution in [0.15, 0.2) is 41.5 Å². The topological polar surface area (TPSA) is 71.0 Å². The van der Waals surface area contributed by atoms with Crippen molar-refractivity contribution in [3.8, 4) is 11.5 Å². The van der Waals surface area contributed by atoms with Crippen LogP contribution >= 0.6 is 24.0 Å². The molecule has 1 fully saturated rings. The average Bonchev–Trinajstić information content (AvgIpc) is 2.84. The van der Waals surface area contributed by atoms with E-state index in [4.69, 9.17) is 9.47 Å². The minimum atomic E-state index is 0. The summed E-state index contributed by atoms with van der Waals surface area (Å²) in [7, 11) is 1.80. The highest BCUT2D eigenvalue weighted by molar-refractivity contribution is 14.0. The molecular formula is C25H38IN5O2. The lowest BCUT2D eigenvalue weighted by Gasteiger charge is -2.28. The van der Waals surface area contributed by atoms with Gasteiger partial charge in [0, 0.05) is 39.4 Å². The first kappa shape index (κ1) is 27.0. The molecule has 0 aliphatic carbocycles. The van der Waals surface area contributed by atoms with Gasteiger partial charge >= 0.3 is 0 Å². The maximum Gasteiger partial charge on any atom is 0.191 e. The summed E-state index contributed by atoms with van der Waals surface area (Å²) in [6.07, 6.45) is 6.59. The number of piperidine rings is 1. The smallest absolute Gasteiger partial charge is 0.191 e. The first-order valence-electron chi connectivity index (χ1n) is 11.8. The van der Waals surface area contributed by atoms with E-state index in [1.165, 1.54) is 30.4 Å². The van der Waals surface area contributed by atoms with Gasteiger partial charge in [0.1, 0.15) is 5.82 Å². The van der Waals surface area contributed by atoms with E-state index >= 15 is 0 Å². The summed E-state index contributed by atoms with van der Waals surface area (Å²) >= 11 is 0. The fraction of sp³-hybridized carbons (Fsp3) is 0.520. The van der Waals surface area contributed by atoms with Gasteiger partial charge in [-0.15, -0.1) is 24.0 Å². The molecule has 182 valence electrons. The number of halogens is 1. The number of benzene rings is 1. The molecule has 3 rings (SSSR count).